The van der Waals surface area contributed by atoms with E-state index in [1.807, 2.05) is 5.38 Å². The van der Waals surface area contributed by atoms with Crippen molar-refractivity contribution in [3.05, 3.63) is 27.1 Å². The summed E-state index contributed by atoms with van der Waals surface area (Å²) in [5.74, 6) is 1.42. The fourth-order valence-corrected chi connectivity index (χ4v) is 4.25. The zero-order valence-corrected chi connectivity index (χ0v) is 12.1. The van der Waals surface area contributed by atoms with Gasteiger partial charge in [-0.05, 0) is 37.8 Å². The molecule has 104 valence electrons. The monoisotopic (exact) mass is 281 g/mol. The van der Waals surface area contributed by atoms with Crippen molar-refractivity contribution in [2.45, 2.75) is 25.9 Å². The molecule has 0 aliphatic carbocycles. The number of likely N-dealkylation sites (tertiary alicyclic amines) is 1. The van der Waals surface area contributed by atoms with Gasteiger partial charge < -0.3 is 5.32 Å². The lowest BCUT2D eigenvalue weighted by Gasteiger charge is -2.35. The van der Waals surface area contributed by atoms with E-state index < -0.39 is 0 Å². The topological polar surface area (TPSA) is 58.4 Å². The standard InChI is InChI=1S/C13H19N3O2S/c1-13(2)11-5-14-4-10(11)7-15(13)6-9-3-12(16(17)18)19-8-9/h3,8,10-11,14H,4-7H2,1-2H3. The highest BCUT2D eigenvalue weighted by Gasteiger charge is 2.49. The van der Waals surface area contributed by atoms with Gasteiger partial charge in [0.1, 0.15) is 0 Å². The highest BCUT2D eigenvalue weighted by atomic mass is 32.1. The summed E-state index contributed by atoms with van der Waals surface area (Å²) in [6, 6.07) is 1.72. The van der Waals surface area contributed by atoms with Crippen LogP contribution in [0.1, 0.15) is 19.4 Å². The molecule has 0 bridgehead atoms. The summed E-state index contributed by atoms with van der Waals surface area (Å²) in [5, 5.41) is 16.4. The number of rotatable bonds is 3. The maximum absolute atomic E-state index is 10.7. The van der Waals surface area contributed by atoms with Gasteiger partial charge in [-0.25, -0.2) is 0 Å². The van der Waals surface area contributed by atoms with E-state index in [2.05, 4.69) is 24.1 Å². The van der Waals surface area contributed by atoms with E-state index in [-0.39, 0.29) is 15.5 Å². The summed E-state index contributed by atoms with van der Waals surface area (Å²) >= 11 is 1.22. The van der Waals surface area contributed by atoms with Gasteiger partial charge in [0.2, 0.25) is 0 Å². The summed E-state index contributed by atoms with van der Waals surface area (Å²) in [6.45, 7) is 8.71. The molecule has 0 aromatic carbocycles. The molecule has 2 aliphatic rings. The number of hydrogen-bond donors (Lipinski definition) is 1. The Morgan fingerprint density at radius 1 is 1.58 bits per heavy atom. The van der Waals surface area contributed by atoms with E-state index in [1.165, 1.54) is 11.3 Å². The number of nitro groups is 1. The second-order valence-electron chi connectivity index (χ2n) is 6.11. The summed E-state index contributed by atoms with van der Waals surface area (Å²) < 4.78 is 0. The van der Waals surface area contributed by atoms with Crippen LogP contribution in [-0.2, 0) is 6.54 Å². The van der Waals surface area contributed by atoms with Crippen LogP contribution in [0.15, 0.2) is 11.4 Å². The quantitative estimate of drug-likeness (QED) is 0.681. The molecule has 5 nitrogen and oxygen atoms in total. The van der Waals surface area contributed by atoms with Crippen LogP contribution in [0.2, 0.25) is 0 Å². The van der Waals surface area contributed by atoms with Crippen LogP contribution in [-0.4, -0.2) is 35.0 Å². The first-order valence-corrected chi connectivity index (χ1v) is 7.54. The van der Waals surface area contributed by atoms with Gasteiger partial charge >= 0.3 is 5.00 Å². The van der Waals surface area contributed by atoms with Crippen LogP contribution >= 0.6 is 11.3 Å². The van der Waals surface area contributed by atoms with Crippen LogP contribution in [0.3, 0.4) is 0 Å². The Balaban J connectivity index is 1.74. The average molecular weight is 281 g/mol. The summed E-state index contributed by atoms with van der Waals surface area (Å²) in [4.78, 5) is 12.9. The number of fused-ring (bicyclic) bond motifs is 1. The molecule has 3 heterocycles. The average Bonchev–Trinajstić information content (AvgIpc) is 2.99. The predicted molar refractivity (Wildman–Crippen MR) is 75.3 cm³/mol. The first-order chi connectivity index (χ1) is 8.98. The SMILES string of the molecule is CC1(C)C2CNCC2CN1Cc1csc([N+](=O)[O-])c1. The fraction of sp³-hybridized carbons (Fsp3) is 0.692. The zero-order chi connectivity index (χ0) is 13.6. The molecule has 2 unspecified atom stereocenters. The predicted octanol–water partition coefficient (Wildman–Crippen LogP) is 2.09. The molecule has 2 atom stereocenters. The van der Waals surface area contributed by atoms with Crippen LogP contribution in [0.4, 0.5) is 5.00 Å². The van der Waals surface area contributed by atoms with E-state index in [0.29, 0.717) is 5.92 Å². The Kier molecular flexibility index (Phi) is 3.11. The minimum atomic E-state index is -0.304. The van der Waals surface area contributed by atoms with Crippen molar-refractivity contribution >= 4 is 16.3 Å². The van der Waals surface area contributed by atoms with Crippen LogP contribution in [0.25, 0.3) is 0 Å². The summed E-state index contributed by atoms with van der Waals surface area (Å²) in [6.07, 6.45) is 0. The minimum Gasteiger partial charge on any atom is -0.316 e. The largest absolute Gasteiger partial charge is 0.324 e. The first-order valence-electron chi connectivity index (χ1n) is 6.66. The molecule has 1 N–H and O–H groups in total. The Hall–Kier alpha value is -0.980. The molecule has 1 aromatic rings. The third kappa shape index (κ3) is 2.17. The van der Waals surface area contributed by atoms with Crippen molar-refractivity contribution in [2.75, 3.05) is 19.6 Å². The van der Waals surface area contributed by atoms with Crippen LogP contribution in [0, 0.1) is 22.0 Å². The molecule has 2 saturated heterocycles. The van der Waals surface area contributed by atoms with Crippen molar-refractivity contribution in [3.8, 4) is 0 Å². The van der Waals surface area contributed by atoms with Gasteiger partial charge in [0, 0.05) is 36.6 Å². The number of nitrogens with zero attached hydrogens (tertiary/aromatic N) is 2. The third-order valence-corrected chi connectivity index (χ3v) is 5.64. The molecular formula is C13H19N3O2S. The maximum Gasteiger partial charge on any atom is 0.324 e. The second kappa shape index (κ2) is 4.54. The van der Waals surface area contributed by atoms with E-state index in [4.69, 9.17) is 0 Å². The highest BCUT2D eigenvalue weighted by Crippen LogP contribution is 2.41. The molecule has 3 rings (SSSR count). The van der Waals surface area contributed by atoms with Crippen molar-refractivity contribution in [2.24, 2.45) is 11.8 Å². The number of hydrogen-bond acceptors (Lipinski definition) is 5. The fourth-order valence-electron chi connectivity index (χ4n) is 3.53. The Morgan fingerprint density at radius 3 is 3.00 bits per heavy atom. The smallest absolute Gasteiger partial charge is 0.316 e. The van der Waals surface area contributed by atoms with Crippen molar-refractivity contribution in [1.82, 2.24) is 10.2 Å². The van der Waals surface area contributed by atoms with Crippen molar-refractivity contribution < 1.29 is 4.92 Å². The van der Waals surface area contributed by atoms with Gasteiger partial charge in [-0.3, -0.25) is 15.0 Å². The lowest BCUT2D eigenvalue weighted by Crippen LogP contribution is -2.43. The highest BCUT2D eigenvalue weighted by molar-refractivity contribution is 7.13. The first kappa shape index (κ1) is 13.0. The van der Waals surface area contributed by atoms with E-state index in [9.17, 15) is 10.1 Å². The molecule has 6 heteroatoms. The second-order valence-corrected chi connectivity index (χ2v) is 7.00. The van der Waals surface area contributed by atoms with Gasteiger partial charge in [0.25, 0.3) is 0 Å². The number of nitrogens with one attached hydrogen (secondary N) is 1. The normalized spacial score (nSPS) is 29.6. The maximum atomic E-state index is 10.7. The minimum absolute atomic E-state index is 0.172. The Labute approximate surface area is 116 Å². The number of thiophene rings is 1. The van der Waals surface area contributed by atoms with Crippen molar-refractivity contribution in [3.63, 3.8) is 0 Å². The lowest BCUT2D eigenvalue weighted by atomic mass is 9.85. The molecule has 19 heavy (non-hydrogen) atoms. The van der Waals surface area contributed by atoms with Gasteiger partial charge in [-0.1, -0.05) is 11.3 Å². The molecule has 0 saturated carbocycles. The third-order valence-electron chi connectivity index (χ3n) is 4.71. The van der Waals surface area contributed by atoms with Crippen LogP contribution in [0.5, 0.6) is 0 Å². The van der Waals surface area contributed by atoms with Gasteiger partial charge in [-0.2, -0.15) is 0 Å². The lowest BCUT2D eigenvalue weighted by molar-refractivity contribution is -0.380. The molecule has 1 aromatic heterocycles. The molecule has 0 spiro atoms. The molecule has 0 amide bonds. The molecular weight excluding hydrogens is 262 g/mol. The summed E-state index contributed by atoms with van der Waals surface area (Å²) in [5.41, 5.74) is 1.24. The Morgan fingerprint density at radius 2 is 2.37 bits per heavy atom. The van der Waals surface area contributed by atoms with Crippen LogP contribution < -0.4 is 5.32 Å². The van der Waals surface area contributed by atoms with E-state index in [1.54, 1.807) is 6.07 Å². The zero-order valence-electron chi connectivity index (χ0n) is 11.3. The van der Waals surface area contributed by atoms with Gasteiger partial charge in [-0.15, -0.1) is 0 Å². The molecule has 2 fully saturated rings. The summed E-state index contributed by atoms with van der Waals surface area (Å²) in [7, 11) is 0. The molecule has 0 radical (unpaired) electrons. The van der Waals surface area contributed by atoms with E-state index >= 15 is 0 Å². The molecule has 2 aliphatic heterocycles. The Bertz CT molecular complexity index is 500. The van der Waals surface area contributed by atoms with Gasteiger partial charge in [0.15, 0.2) is 0 Å². The van der Waals surface area contributed by atoms with E-state index in [0.717, 1.165) is 37.7 Å². The van der Waals surface area contributed by atoms with Crippen molar-refractivity contribution in [1.29, 1.82) is 0 Å². The van der Waals surface area contributed by atoms with Gasteiger partial charge in [0.05, 0.1) is 4.92 Å².